The quantitative estimate of drug-likeness (QED) is 0.218. The van der Waals surface area contributed by atoms with Crippen molar-refractivity contribution in [1.29, 1.82) is 0 Å². The molecule has 3 N–H and O–H groups in total. The van der Waals surface area contributed by atoms with Crippen molar-refractivity contribution in [2.45, 2.75) is 0 Å². The molecule has 0 heterocycles. The number of aromatic hydroxyl groups is 3. The Morgan fingerprint density at radius 2 is 1.23 bits per heavy atom. The topological polar surface area (TPSA) is 87.0 Å². The fourth-order valence-electron chi connectivity index (χ4n) is 2.96. The third kappa shape index (κ3) is 2.56. The maximum absolute atomic E-state index is 12.6. The molecule has 4 aromatic rings. The Morgan fingerprint density at radius 3 is 1.77 bits per heavy atom. The monoisotopic (exact) mass is 346 g/mol. The first-order valence-corrected chi connectivity index (χ1v) is 7.92. The second-order valence-corrected chi connectivity index (χ2v) is 5.90. The minimum absolute atomic E-state index is 0.0742. The summed E-state index contributed by atoms with van der Waals surface area (Å²) in [7, 11) is 0. The molecule has 4 rings (SSSR count). The Hall–Kier alpha value is -3.73. The zero-order valence-corrected chi connectivity index (χ0v) is 13.5. The Morgan fingerprint density at radius 1 is 0.731 bits per heavy atom. The normalized spacial score (nSPS) is 10.9. The number of carbonyl (C=O) groups is 1. The molecule has 0 bridgehead atoms. The molecule has 0 aliphatic rings. The summed E-state index contributed by atoms with van der Waals surface area (Å²) in [5.41, 5.74) is -0.0742. The van der Waals surface area contributed by atoms with Gasteiger partial charge >= 0.3 is 5.97 Å². The lowest BCUT2D eigenvalue weighted by atomic mass is 10.0. The van der Waals surface area contributed by atoms with Gasteiger partial charge in [0.15, 0.2) is 17.2 Å². The predicted molar refractivity (Wildman–Crippen MR) is 97.8 cm³/mol. The highest BCUT2D eigenvalue weighted by molar-refractivity contribution is 6.07. The van der Waals surface area contributed by atoms with Gasteiger partial charge < -0.3 is 20.1 Å². The van der Waals surface area contributed by atoms with E-state index in [9.17, 15) is 20.1 Å². The predicted octanol–water partition coefficient (Wildman–Crippen LogP) is 4.33. The van der Waals surface area contributed by atoms with Crippen molar-refractivity contribution in [3.05, 3.63) is 72.3 Å². The average molecular weight is 346 g/mol. The van der Waals surface area contributed by atoms with Crippen LogP contribution in [0.25, 0.3) is 21.5 Å². The Labute approximate surface area is 148 Å². The van der Waals surface area contributed by atoms with Crippen LogP contribution in [-0.2, 0) is 0 Å². The van der Waals surface area contributed by atoms with Gasteiger partial charge in [0.05, 0.1) is 5.56 Å². The third-order valence-electron chi connectivity index (χ3n) is 4.22. The second-order valence-electron chi connectivity index (χ2n) is 5.90. The molecule has 0 unspecified atom stereocenters. The molecule has 26 heavy (non-hydrogen) atoms. The van der Waals surface area contributed by atoms with Crippen LogP contribution in [-0.4, -0.2) is 21.3 Å². The van der Waals surface area contributed by atoms with Crippen LogP contribution in [0.4, 0.5) is 0 Å². The van der Waals surface area contributed by atoms with Crippen LogP contribution in [0, 0.1) is 0 Å². The number of carbonyl (C=O) groups excluding carboxylic acids is 1. The second kappa shape index (κ2) is 5.97. The zero-order chi connectivity index (χ0) is 18.3. The Balaban J connectivity index is 1.87. The molecule has 5 heteroatoms. The minimum Gasteiger partial charge on any atom is -0.504 e. The summed E-state index contributed by atoms with van der Waals surface area (Å²) in [6.07, 6.45) is 0. The lowest BCUT2D eigenvalue weighted by Crippen LogP contribution is -2.09. The van der Waals surface area contributed by atoms with Crippen molar-refractivity contribution >= 4 is 27.5 Å². The van der Waals surface area contributed by atoms with Crippen molar-refractivity contribution < 1.29 is 24.9 Å². The van der Waals surface area contributed by atoms with Crippen LogP contribution in [0.2, 0.25) is 0 Å². The first kappa shape index (κ1) is 15.8. The van der Waals surface area contributed by atoms with Crippen molar-refractivity contribution in [3.8, 4) is 23.0 Å². The molecule has 0 radical (unpaired) electrons. The summed E-state index contributed by atoms with van der Waals surface area (Å²) in [6, 6.07) is 19.2. The van der Waals surface area contributed by atoms with Gasteiger partial charge in [0.1, 0.15) is 5.75 Å². The van der Waals surface area contributed by atoms with E-state index in [-0.39, 0.29) is 5.56 Å². The SMILES string of the molecule is O=C(Oc1c2ccccc2cc2ccccc12)c1cc(O)c(O)c(O)c1. The number of hydrogen-bond acceptors (Lipinski definition) is 5. The Kier molecular flexibility index (Phi) is 3.62. The largest absolute Gasteiger partial charge is 0.504 e. The fourth-order valence-corrected chi connectivity index (χ4v) is 2.96. The molecule has 0 atom stereocenters. The van der Waals surface area contributed by atoms with Gasteiger partial charge in [0.25, 0.3) is 0 Å². The van der Waals surface area contributed by atoms with Crippen LogP contribution >= 0.6 is 0 Å². The van der Waals surface area contributed by atoms with Crippen molar-refractivity contribution in [2.75, 3.05) is 0 Å². The average Bonchev–Trinajstić information content (AvgIpc) is 2.65. The molecule has 0 saturated carbocycles. The van der Waals surface area contributed by atoms with Crippen LogP contribution in [0.3, 0.4) is 0 Å². The van der Waals surface area contributed by atoms with Crippen LogP contribution in [0.5, 0.6) is 23.0 Å². The number of phenols is 3. The van der Waals surface area contributed by atoms with Gasteiger partial charge in [-0.25, -0.2) is 4.79 Å². The molecular formula is C21H14O5. The molecule has 0 fully saturated rings. The van der Waals surface area contributed by atoms with E-state index in [0.29, 0.717) is 5.75 Å². The Bertz CT molecular complexity index is 1090. The maximum Gasteiger partial charge on any atom is 0.343 e. The van der Waals surface area contributed by atoms with E-state index in [1.807, 2.05) is 54.6 Å². The highest BCUT2D eigenvalue weighted by Crippen LogP contribution is 2.38. The molecule has 4 aromatic carbocycles. The van der Waals surface area contributed by atoms with E-state index in [4.69, 9.17) is 4.74 Å². The van der Waals surface area contributed by atoms with Crippen molar-refractivity contribution in [2.24, 2.45) is 0 Å². The van der Waals surface area contributed by atoms with E-state index in [1.165, 1.54) is 0 Å². The number of benzene rings is 4. The van der Waals surface area contributed by atoms with Gasteiger partial charge in [-0.2, -0.15) is 0 Å². The molecular weight excluding hydrogens is 332 g/mol. The summed E-state index contributed by atoms with van der Waals surface area (Å²) in [4.78, 5) is 12.6. The van der Waals surface area contributed by atoms with E-state index < -0.39 is 23.2 Å². The first-order chi connectivity index (χ1) is 12.5. The summed E-state index contributed by atoms with van der Waals surface area (Å²) in [5.74, 6) is -2.23. The fraction of sp³-hybridized carbons (Fsp3) is 0. The van der Waals surface area contributed by atoms with E-state index in [0.717, 1.165) is 33.7 Å². The van der Waals surface area contributed by atoms with Gasteiger partial charge in [-0.05, 0) is 29.0 Å². The number of phenolic OH excluding ortho intramolecular Hbond substituents is 3. The van der Waals surface area contributed by atoms with E-state index in [1.54, 1.807) is 0 Å². The molecule has 0 aliphatic heterocycles. The van der Waals surface area contributed by atoms with Gasteiger partial charge in [0, 0.05) is 10.8 Å². The number of fused-ring (bicyclic) bond motifs is 2. The molecule has 0 aliphatic carbocycles. The number of ether oxygens (including phenoxy) is 1. The summed E-state index contributed by atoms with van der Waals surface area (Å²) in [5, 5.41) is 32.1. The number of esters is 1. The summed E-state index contributed by atoms with van der Waals surface area (Å²) in [6.45, 7) is 0. The molecule has 0 saturated heterocycles. The van der Waals surface area contributed by atoms with E-state index >= 15 is 0 Å². The molecule has 0 amide bonds. The van der Waals surface area contributed by atoms with Gasteiger partial charge in [-0.1, -0.05) is 48.5 Å². The summed E-state index contributed by atoms with van der Waals surface area (Å²) >= 11 is 0. The highest BCUT2D eigenvalue weighted by Gasteiger charge is 2.18. The van der Waals surface area contributed by atoms with E-state index in [2.05, 4.69) is 0 Å². The molecule has 0 spiro atoms. The van der Waals surface area contributed by atoms with Crippen molar-refractivity contribution in [1.82, 2.24) is 0 Å². The smallest absolute Gasteiger partial charge is 0.343 e. The zero-order valence-electron chi connectivity index (χ0n) is 13.5. The van der Waals surface area contributed by atoms with Crippen LogP contribution in [0.15, 0.2) is 66.7 Å². The third-order valence-corrected chi connectivity index (χ3v) is 4.22. The minimum atomic E-state index is -0.753. The van der Waals surface area contributed by atoms with Crippen LogP contribution in [0.1, 0.15) is 10.4 Å². The lowest BCUT2D eigenvalue weighted by molar-refractivity contribution is 0.0738. The summed E-state index contributed by atoms with van der Waals surface area (Å²) < 4.78 is 5.63. The first-order valence-electron chi connectivity index (χ1n) is 7.92. The lowest BCUT2D eigenvalue weighted by Gasteiger charge is -2.12. The van der Waals surface area contributed by atoms with Crippen LogP contribution < -0.4 is 4.74 Å². The van der Waals surface area contributed by atoms with Gasteiger partial charge in [0.2, 0.25) is 0 Å². The molecule has 0 aromatic heterocycles. The van der Waals surface area contributed by atoms with Gasteiger partial charge in [-0.3, -0.25) is 0 Å². The van der Waals surface area contributed by atoms with Crippen molar-refractivity contribution in [3.63, 3.8) is 0 Å². The maximum atomic E-state index is 12.6. The van der Waals surface area contributed by atoms with Gasteiger partial charge in [-0.15, -0.1) is 0 Å². The highest BCUT2D eigenvalue weighted by atomic mass is 16.5. The molecule has 5 nitrogen and oxygen atoms in total. The number of rotatable bonds is 2. The number of hydrogen-bond donors (Lipinski definition) is 3. The standard InChI is InChI=1S/C21H14O5/c22-17-10-14(11-18(23)19(17)24)21(25)26-20-15-7-3-1-5-12(15)9-13-6-2-4-8-16(13)20/h1-11,22-24H. The molecule has 128 valence electrons.